The van der Waals surface area contributed by atoms with Crippen molar-refractivity contribution >= 4 is 0 Å². The second-order valence-corrected chi connectivity index (χ2v) is 12.8. The molecule has 0 saturated heterocycles. The average Bonchev–Trinajstić information content (AvgIpc) is 2.66. The van der Waals surface area contributed by atoms with Crippen LogP contribution in [-0.4, -0.2) is 26.4 Å². The quantitative estimate of drug-likeness (QED) is 0.321. The Morgan fingerprint density at radius 3 is 1.30 bits per heavy atom. The largest absolute Gasteiger partial charge is 0.379 e. The van der Waals surface area contributed by atoms with Crippen molar-refractivity contribution in [3.63, 3.8) is 0 Å². The van der Waals surface area contributed by atoms with Crippen molar-refractivity contribution in [1.29, 1.82) is 0 Å². The Bertz CT molecular complexity index is 538. The number of hydrogen-bond acceptors (Lipinski definition) is 2. The van der Waals surface area contributed by atoms with E-state index in [2.05, 4.69) is 107 Å². The van der Waals surface area contributed by atoms with Crippen molar-refractivity contribution in [2.45, 2.75) is 122 Å². The number of rotatable bonds is 10. The lowest BCUT2D eigenvalue weighted by Crippen LogP contribution is -2.12. The summed E-state index contributed by atoms with van der Waals surface area (Å²) < 4.78 is 10.7. The zero-order valence-corrected chi connectivity index (χ0v) is 24.7. The predicted octanol–water partition coefficient (Wildman–Crippen LogP) is 9.54. The van der Waals surface area contributed by atoms with Gasteiger partial charge in [0.15, 0.2) is 0 Å². The molecule has 0 aliphatic rings. The minimum Gasteiger partial charge on any atom is -0.379 e. The molecule has 1 aromatic rings. The zero-order valence-electron chi connectivity index (χ0n) is 24.7. The summed E-state index contributed by atoms with van der Waals surface area (Å²) in [6.07, 6.45) is 7.14. The van der Waals surface area contributed by atoms with Crippen LogP contribution < -0.4 is 0 Å². The second-order valence-electron chi connectivity index (χ2n) is 12.8. The summed E-state index contributed by atoms with van der Waals surface area (Å²) in [5, 5.41) is 0. The van der Waals surface area contributed by atoms with Gasteiger partial charge in [-0.25, -0.2) is 0 Å². The van der Waals surface area contributed by atoms with Crippen LogP contribution in [0.3, 0.4) is 0 Å². The first-order valence-electron chi connectivity index (χ1n) is 13.4. The van der Waals surface area contributed by atoms with Crippen molar-refractivity contribution in [3.05, 3.63) is 35.4 Å². The van der Waals surface area contributed by atoms with E-state index in [1.807, 2.05) is 0 Å². The molecule has 0 aliphatic heterocycles. The fourth-order valence-electron chi connectivity index (χ4n) is 3.10. The molecule has 0 radical (unpaired) electrons. The van der Waals surface area contributed by atoms with E-state index in [0.29, 0.717) is 16.2 Å². The number of ether oxygens (including phenoxy) is 2. The Morgan fingerprint density at radius 1 is 0.515 bits per heavy atom. The highest BCUT2D eigenvalue weighted by molar-refractivity contribution is 5.23. The van der Waals surface area contributed by atoms with E-state index in [9.17, 15) is 0 Å². The van der Waals surface area contributed by atoms with Crippen LogP contribution in [0.5, 0.6) is 0 Å². The maximum Gasteiger partial charge on any atom is 0.0700 e. The number of aryl methyl sites for hydroxylation is 1. The lowest BCUT2D eigenvalue weighted by Gasteiger charge is -2.18. The van der Waals surface area contributed by atoms with E-state index in [0.717, 1.165) is 52.1 Å². The fourth-order valence-corrected chi connectivity index (χ4v) is 3.10. The van der Waals surface area contributed by atoms with Gasteiger partial charge in [-0.05, 0) is 59.5 Å². The molecule has 0 aromatic heterocycles. The third-order valence-electron chi connectivity index (χ3n) is 4.88. The van der Waals surface area contributed by atoms with Crippen LogP contribution in [0.1, 0.15) is 120 Å². The maximum atomic E-state index is 5.43. The first-order chi connectivity index (χ1) is 15.1. The fraction of sp³-hybridized carbons (Fsp3) is 0.806. The highest BCUT2D eigenvalue weighted by Crippen LogP contribution is 2.21. The molecule has 0 saturated carbocycles. The first kappa shape index (κ1) is 34.3. The minimum atomic E-state index is 0.379. The molecule has 0 bridgehead atoms. The summed E-state index contributed by atoms with van der Waals surface area (Å²) in [5.74, 6) is 0. The smallest absolute Gasteiger partial charge is 0.0700 e. The summed E-state index contributed by atoms with van der Waals surface area (Å²) in [6, 6.07) is 8.98. The molecule has 0 unspecified atom stereocenters. The first-order valence-corrected chi connectivity index (χ1v) is 13.4. The van der Waals surface area contributed by atoms with E-state index in [-0.39, 0.29) is 0 Å². The van der Waals surface area contributed by atoms with Crippen molar-refractivity contribution < 1.29 is 9.47 Å². The van der Waals surface area contributed by atoms with E-state index < -0.39 is 0 Å². The van der Waals surface area contributed by atoms with Crippen molar-refractivity contribution in [1.82, 2.24) is 0 Å². The molecular weight excluding hydrogens is 404 g/mol. The summed E-state index contributed by atoms with van der Waals surface area (Å²) in [7, 11) is 0. The van der Waals surface area contributed by atoms with Gasteiger partial charge in [0.1, 0.15) is 0 Å². The van der Waals surface area contributed by atoms with Gasteiger partial charge >= 0.3 is 0 Å². The SMILES string of the molecule is CCCC(C)(C)C.CCCOCCOCCC(C)(C)C.CCc1ccc(CC(C)(C)C)cc1. The topological polar surface area (TPSA) is 18.5 Å². The Morgan fingerprint density at radius 2 is 0.970 bits per heavy atom. The van der Waals surface area contributed by atoms with Gasteiger partial charge in [-0.15, -0.1) is 0 Å². The van der Waals surface area contributed by atoms with Crippen LogP contribution in [0.2, 0.25) is 0 Å². The van der Waals surface area contributed by atoms with E-state index in [4.69, 9.17) is 9.47 Å². The molecular formula is C31H60O2. The number of hydrogen-bond donors (Lipinski definition) is 0. The van der Waals surface area contributed by atoms with E-state index in [1.54, 1.807) is 0 Å². The van der Waals surface area contributed by atoms with Crippen LogP contribution in [-0.2, 0) is 22.3 Å². The van der Waals surface area contributed by atoms with Crippen LogP contribution in [0.25, 0.3) is 0 Å². The van der Waals surface area contributed by atoms with Gasteiger partial charge in [0.05, 0.1) is 13.2 Å². The van der Waals surface area contributed by atoms with Crippen LogP contribution in [0, 0.1) is 16.2 Å². The Balaban J connectivity index is 0. The molecule has 1 rings (SSSR count). The van der Waals surface area contributed by atoms with Gasteiger partial charge in [-0.2, -0.15) is 0 Å². The lowest BCUT2D eigenvalue weighted by atomic mass is 9.88. The Kier molecular flexibility index (Phi) is 19.2. The van der Waals surface area contributed by atoms with Gasteiger partial charge in [0, 0.05) is 13.2 Å². The van der Waals surface area contributed by atoms with Gasteiger partial charge in [-0.1, -0.05) is 114 Å². The predicted molar refractivity (Wildman–Crippen MR) is 149 cm³/mol. The monoisotopic (exact) mass is 464 g/mol. The molecule has 0 heterocycles. The maximum absolute atomic E-state index is 5.43. The molecule has 0 atom stereocenters. The van der Waals surface area contributed by atoms with Crippen LogP contribution >= 0.6 is 0 Å². The second kappa shape index (κ2) is 18.5. The molecule has 196 valence electrons. The Hall–Kier alpha value is -0.860. The molecule has 0 fully saturated rings. The molecule has 0 N–H and O–H groups in total. The standard InChI is InChI=1S/C13H20.C11H24O2.C7H16/c1-5-11-6-8-12(9-7-11)10-13(2,3)4;1-5-7-12-9-10-13-8-6-11(2,3)4;1-5-6-7(2,3)4/h6-9H,5,10H2,1-4H3;5-10H2,1-4H3;5-6H2,1-4H3. The Labute approximate surface area is 209 Å². The van der Waals surface area contributed by atoms with Crippen LogP contribution in [0.15, 0.2) is 24.3 Å². The molecule has 0 spiro atoms. The molecule has 2 nitrogen and oxygen atoms in total. The van der Waals surface area contributed by atoms with Gasteiger partial charge in [0.2, 0.25) is 0 Å². The van der Waals surface area contributed by atoms with Crippen LogP contribution in [0.4, 0.5) is 0 Å². The van der Waals surface area contributed by atoms with Gasteiger partial charge < -0.3 is 9.47 Å². The normalized spacial score (nSPS) is 11.9. The van der Waals surface area contributed by atoms with Crippen molar-refractivity contribution in [2.24, 2.45) is 16.2 Å². The van der Waals surface area contributed by atoms with Gasteiger partial charge in [0.25, 0.3) is 0 Å². The van der Waals surface area contributed by atoms with E-state index >= 15 is 0 Å². The summed E-state index contributed by atoms with van der Waals surface area (Å²) in [4.78, 5) is 0. The summed E-state index contributed by atoms with van der Waals surface area (Å²) in [6.45, 7) is 30.0. The third-order valence-corrected chi connectivity index (χ3v) is 4.88. The molecule has 33 heavy (non-hydrogen) atoms. The highest BCUT2D eigenvalue weighted by Gasteiger charge is 2.10. The summed E-state index contributed by atoms with van der Waals surface area (Å²) >= 11 is 0. The molecule has 0 amide bonds. The lowest BCUT2D eigenvalue weighted by molar-refractivity contribution is 0.0390. The van der Waals surface area contributed by atoms with Crippen molar-refractivity contribution in [2.75, 3.05) is 26.4 Å². The average molecular weight is 465 g/mol. The summed E-state index contributed by atoms with van der Waals surface area (Å²) in [5.41, 5.74) is 4.20. The van der Waals surface area contributed by atoms with Gasteiger partial charge in [-0.3, -0.25) is 0 Å². The minimum absolute atomic E-state index is 0.379. The molecule has 0 aliphatic carbocycles. The zero-order chi connectivity index (χ0) is 26.0. The van der Waals surface area contributed by atoms with Crippen molar-refractivity contribution in [3.8, 4) is 0 Å². The molecule has 2 heteroatoms. The highest BCUT2D eigenvalue weighted by atomic mass is 16.5. The molecule has 1 aromatic carbocycles. The number of benzene rings is 1. The van der Waals surface area contributed by atoms with E-state index in [1.165, 1.54) is 24.0 Å². The third kappa shape index (κ3) is 29.1.